The fraction of sp³-hybridized carbons (Fsp3) is 0.840. The van der Waals surface area contributed by atoms with Crippen LogP contribution < -0.4 is 0 Å². The highest BCUT2D eigenvalue weighted by Crippen LogP contribution is 2.52. The highest BCUT2D eigenvalue weighted by Gasteiger charge is 2.54. The molecule has 0 radical (unpaired) electrons. The zero-order chi connectivity index (χ0) is 23.4. The number of ketones is 1. The number of Topliss-reactive ketones (excluding diaryl/α,β-unsaturated/α-hetero) is 1. The summed E-state index contributed by atoms with van der Waals surface area (Å²) in [7, 11) is -1.83. The summed E-state index contributed by atoms with van der Waals surface area (Å²) in [5.74, 6) is 1.13. The van der Waals surface area contributed by atoms with Crippen molar-refractivity contribution in [2.45, 2.75) is 104 Å². The van der Waals surface area contributed by atoms with Crippen LogP contribution in [0, 0.1) is 17.3 Å². The first kappa shape index (κ1) is 26.1. The fourth-order valence-electron chi connectivity index (χ4n) is 5.48. The number of hydrogen-bond donors (Lipinski definition) is 0. The Morgan fingerprint density at radius 3 is 2.45 bits per heavy atom. The standard InChI is InChI=1S/C25H45NO4Si/c1-9-12-20-17-19(2)18-22(30-31(6,7)8)25(20)14-11-16-26(15-10-13-21(25)27)23(28)29-24(3,4)5/h9,19-20,22H,1,10-18H2,2-8H3/t19-,20-,22+,25+/m1/s1. The Morgan fingerprint density at radius 2 is 1.87 bits per heavy atom. The van der Waals surface area contributed by atoms with Crippen molar-refractivity contribution in [3.8, 4) is 0 Å². The number of carbonyl (C=O) groups is 2. The van der Waals surface area contributed by atoms with E-state index in [0.717, 1.165) is 32.1 Å². The number of rotatable bonds is 4. The SMILES string of the molecule is C=CC[C@@H]1C[C@@H](C)C[C@H](O[Si](C)(C)C)[C@@]12CCCN(C(=O)OC(C)(C)C)CCCC2=O. The third kappa shape index (κ3) is 6.92. The van der Waals surface area contributed by atoms with Crippen molar-refractivity contribution in [1.82, 2.24) is 4.90 Å². The van der Waals surface area contributed by atoms with Crippen LogP contribution in [0.25, 0.3) is 0 Å². The van der Waals surface area contributed by atoms with E-state index < -0.39 is 19.3 Å². The minimum Gasteiger partial charge on any atom is -0.444 e. The highest BCUT2D eigenvalue weighted by atomic mass is 28.4. The molecule has 2 aliphatic rings. The molecule has 1 amide bonds. The van der Waals surface area contributed by atoms with E-state index in [-0.39, 0.29) is 18.1 Å². The van der Waals surface area contributed by atoms with E-state index in [1.54, 1.807) is 4.90 Å². The number of hydrogen-bond acceptors (Lipinski definition) is 4. The largest absolute Gasteiger partial charge is 0.444 e. The quantitative estimate of drug-likeness (QED) is 0.377. The van der Waals surface area contributed by atoms with Crippen LogP contribution in [0.2, 0.25) is 19.6 Å². The van der Waals surface area contributed by atoms with Crippen LogP contribution in [0.1, 0.15) is 72.6 Å². The molecule has 4 atom stereocenters. The zero-order valence-corrected chi connectivity index (χ0v) is 22.0. The third-order valence-corrected chi connectivity index (χ3v) is 7.57. The first-order valence-electron chi connectivity index (χ1n) is 12.1. The van der Waals surface area contributed by atoms with Gasteiger partial charge in [-0.3, -0.25) is 4.79 Å². The Bertz CT molecular complexity index is 651. The molecule has 6 heteroatoms. The van der Waals surface area contributed by atoms with Crippen molar-refractivity contribution in [3.63, 3.8) is 0 Å². The number of carbonyl (C=O) groups excluding carboxylic acids is 2. The molecule has 0 aromatic heterocycles. The molecule has 1 aliphatic carbocycles. The van der Waals surface area contributed by atoms with Gasteiger partial charge in [0.25, 0.3) is 0 Å². The lowest BCUT2D eigenvalue weighted by atomic mass is 9.56. The predicted octanol–water partition coefficient (Wildman–Crippen LogP) is 6.20. The van der Waals surface area contributed by atoms with Gasteiger partial charge in [0.15, 0.2) is 8.32 Å². The maximum atomic E-state index is 13.9. The molecule has 1 heterocycles. The van der Waals surface area contributed by atoms with E-state index in [1.807, 2.05) is 26.8 Å². The molecule has 2 rings (SSSR count). The molecular formula is C25H45NO4Si. The minimum atomic E-state index is -1.83. The van der Waals surface area contributed by atoms with Crippen molar-refractivity contribution in [3.05, 3.63) is 12.7 Å². The maximum Gasteiger partial charge on any atom is 0.410 e. The van der Waals surface area contributed by atoms with Crippen LogP contribution in [0.4, 0.5) is 4.79 Å². The summed E-state index contributed by atoms with van der Waals surface area (Å²) in [6.45, 7) is 19.8. The molecule has 0 N–H and O–H groups in total. The summed E-state index contributed by atoms with van der Waals surface area (Å²) in [5.41, 5.74) is -0.984. The maximum absolute atomic E-state index is 13.9. The topological polar surface area (TPSA) is 55.8 Å². The number of nitrogens with zero attached hydrogens (tertiary/aromatic N) is 1. The van der Waals surface area contributed by atoms with Gasteiger partial charge in [0.05, 0.1) is 11.5 Å². The highest BCUT2D eigenvalue weighted by molar-refractivity contribution is 6.69. The van der Waals surface area contributed by atoms with Gasteiger partial charge < -0.3 is 14.1 Å². The molecule has 1 saturated heterocycles. The lowest BCUT2D eigenvalue weighted by molar-refractivity contribution is -0.148. The Balaban J connectivity index is 2.33. The summed E-state index contributed by atoms with van der Waals surface area (Å²) in [4.78, 5) is 28.3. The molecule has 2 fully saturated rings. The zero-order valence-electron chi connectivity index (χ0n) is 21.0. The van der Waals surface area contributed by atoms with Gasteiger partial charge >= 0.3 is 6.09 Å². The van der Waals surface area contributed by atoms with Gasteiger partial charge in [-0.1, -0.05) is 13.0 Å². The van der Waals surface area contributed by atoms with E-state index >= 15 is 0 Å². The molecule has 0 bridgehead atoms. The van der Waals surface area contributed by atoms with Crippen LogP contribution in [0.3, 0.4) is 0 Å². The van der Waals surface area contributed by atoms with Gasteiger partial charge in [0.1, 0.15) is 11.4 Å². The summed E-state index contributed by atoms with van der Waals surface area (Å²) in [6, 6.07) is 0. The van der Waals surface area contributed by atoms with Gasteiger partial charge in [0.2, 0.25) is 0 Å². The van der Waals surface area contributed by atoms with E-state index in [4.69, 9.17) is 9.16 Å². The summed E-state index contributed by atoms with van der Waals surface area (Å²) in [5, 5.41) is 0. The summed E-state index contributed by atoms with van der Waals surface area (Å²) in [6.07, 6.45) is 7.23. The molecule has 0 unspecified atom stereocenters. The molecule has 1 aliphatic heterocycles. The normalized spacial score (nSPS) is 31.0. The van der Waals surface area contributed by atoms with Crippen LogP contribution >= 0.6 is 0 Å². The van der Waals surface area contributed by atoms with Crippen molar-refractivity contribution >= 4 is 20.2 Å². The molecule has 5 nitrogen and oxygen atoms in total. The molecule has 0 aromatic carbocycles. The predicted molar refractivity (Wildman–Crippen MR) is 129 cm³/mol. The number of allylic oxidation sites excluding steroid dienone is 1. The minimum absolute atomic E-state index is 0.0338. The average molecular weight is 452 g/mol. The van der Waals surface area contributed by atoms with Crippen LogP contribution in [-0.4, -0.2) is 49.9 Å². The van der Waals surface area contributed by atoms with Crippen molar-refractivity contribution < 1.29 is 18.8 Å². The van der Waals surface area contributed by atoms with Crippen molar-refractivity contribution in [2.24, 2.45) is 17.3 Å². The van der Waals surface area contributed by atoms with Gasteiger partial charge in [-0.05, 0) is 90.8 Å². The van der Waals surface area contributed by atoms with Crippen LogP contribution in [-0.2, 0) is 14.0 Å². The Kier molecular flexibility index (Phi) is 8.59. The average Bonchev–Trinajstić information content (AvgIpc) is 2.67. The molecule has 178 valence electrons. The molecule has 31 heavy (non-hydrogen) atoms. The summed E-state index contributed by atoms with van der Waals surface area (Å²) >= 11 is 0. The van der Waals surface area contributed by atoms with Crippen LogP contribution in [0.5, 0.6) is 0 Å². The molecule has 1 saturated carbocycles. The van der Waals surface area contributed by atoms with Gasteiger partial charge in [0, 0.05) is 19.5 Å². The molecular weight excluding hydrogens is 406 g/mol. The lowest BCUT2D eigenvalue weighted by Gasteiger charge is -2.52. The van der Waals surface area contributed by atoms with Gasteiger partial charge in [-0.2, -0.15) is 0 Å². The Labute approximate surface area is 191 Å². The number of amides is 1. The third-order valence-electron chi connectivity index (χ3n) is 6.57. The second-order valence-electron chi connectivity index (χ2n) is 11.7. The molecule has 0 aromatic rings. The lowest BCUT2D eigenvalue weighted by Crippen LogP contribution is -2.56. The second-order valence-corrected chi connectivity index (χ2v) is 16.1. The first-order chi connectivity index (χ1) is 14.3. The van der Waals surface area contributed by atoms with Crippen molar-refractivity contribution in [1.29, 1.82) is 0 Å². The van der Waals surface area contributed by atoms with E-state index in [2.05, 4.69) is 33.1 Å². The molecule has 1 spiro atoms. The van der Waals surface area contributed by atoms with Crippen molar-refractivity contribution in [2.75, 3.05) is 13.1 Å². The van der Waals surface area contributed by atoms with Gasteiger partial charge in [-0.15, -0.1) is 6.58 Å². The van der Waals surface area contributed by atoms with Gasteiger partial charge in [-0.25, -0.2) is 4.79 Å². The monoisotopic (exact) mass is 451 g/mol. The van der Waals surface area contributed by atoms with E-state index in [1.165, 1.54) is 0 Å². The van der Waals surface area contributed by atoms with Crippen LogP contribution in [0.15, 0.2) is 12.7 Å². The Morgan fingerprint density at radius 1 is 1.23 bits per heavy atom. The second kappa shape index (κ2) is 10.2. The van der Waals surface area contributed by atoms with E-state index in [0.29, 0.717) is 37.6 Å². The Hall–Kier alpha value is -1.14. The summed E-state index contributed by atoms with van der Waals surface area (Å²) < 4.78 is 12.4. The smallest absolute Gasteiger partial charge is 0.410 e. The fourth-order valence-corrected chi connectivity index (χ4v) is 6.64. The number of ether oxygens (including phenoxy) is 1. The first-order valence-corrected chi connectivity index (χ1v) is 15.5. The van der Waals surface area contributed by atoms with E-state index in [9.17, 15) is 9.59 Å².